The van der Waals surface area contributed by atoms with Crippen molar-refractivity contribution in [1.82, 2.24) is 9.88 Å². The molecule has 1 amide bonds. The van der Waals surface area contributed by atoms with E-state index in [1.54, 1.807) is 10.3 Å². The lowest BCUT2D eigenvalue weighted by Gasteiger charge is -2.23. The number of hydrogen-bond acceptors (Lipinski definition) is 6. The molecule has 0 bridgehead atoms. The largest absolute Gasteiger partial charge is 0.481 e. The molecule has 0 saturated carbocycles. The number of carboxylic acid groups (broad SMARTS) is 1. The molecule has 0 saturated heterocycles. The molecule has 1 aromatic carbocycles. The van der Waals surface area contributed by atoms with E-state index in [-0.39, 0.29) is 31.6 Å². The Hall–Kier alpha value is -2.61. The van der Waals surface area contributed by atoms with Crippen molar-refractivity contribution in [2.24, 2.45) is 5.92 Å². The van der Waals surface area contributed by atoms with Gasteiger partial charge in [0.1, 0.15) is 10.7 Å². The average Bonchev–Trinajstić information content (AvgIpc) is 3.25. The van der Waals surface area contributed by atoms with Crippen molar-refractivity contribution in [3.8, 4) is 22.1 Å². The first-order valence-corrected chi connectivity index (χ1v) is 9.18. The minimum Gasteiger partial charge on any atom is -0.481 e. The van der Waals surface area contributed by atoms with Crippen molar-refractivity contribution in [3.05, 3.63) is 29.3 Å². The number of nitrogens with zero attached hydrogens (tertiary/aromatic N) is 2. The quantitative estimate of drug-likeness (QED) is 0.799. The van der Waals surface area contributed by atoms with Crippen molar-refractivity contribution >= 4 is 23.2 Å². The summed E-state index contributed by atoms with van der Waals surface area (Å²) in [5, 5.41) is 11.3. The molecular formula is C18H20N2O5S. The highest BCUT2D eigenvalue weighted by molar-refractivity contribution is 7.13. The van der Waals surface area contributed by atoms with Crippen LogP contribution >= 0.6 is 11.3 Å². The Kier molecular flexibility index (Phi) is 5.41. The van der Waals surface area contributed by atoms with E-state index in [0.717, 1.165) is 5.56 Å². The van der Waals surface area contributed by atoms with Crippen LogP contribution in [0.1, 0.15) is 30.8 Å². The lowest BCUT2D eigenvalue weighted by molar-refractivity contribution is -0.137. The van der Waals surface area contributed by atoms with E-state index in [9.17, 15) is 9.59 Å². The van der Waals surface area contributed by atoms with E-state index >= 15 is 0 Å². The zero-order chi connectivity index (χ0) is 18.7. The highest BCUT2D eigenvalue weighted by atomic mass is 32.1. The van der Waals surface area contributed by atoms with Gasteiger partial charge in [0.05, 0.1) is 6.42 Å². The van der Waals surface area contributed by atoms with Crippen LogP contribution in [0.3, 0.4) is 0 Å². The second-order valence-electron chi connectivity index (χ2n) is 6.39. The van der Waals surface area contributed by atoms with Gasteiger partial charge in [0.25, 0.3) is 5.91 Å². The maximum absolute atomic E-state index is 12.8. The van der Waals surface area contributed by atoms with Gasteiger partial charge in [-0.25, -0.2) is 4.98 Å². The van der Waals surface area contributed by atoms with Gasteiger partial charge in [-0.15, -0.1) is 11.3 Å². The molecular weight excluding hydrogens is 356 g/mol. The SMILES string of the molecule is CC(C)CN(CCC(=O)O)C(=O)c1csc(-c2ccc3c(c2)OCO3)n1. The number of aliphatic carboxylic acids is 1. The summed E-state index contributed by atoms with van der Waals surface area (Å²) in [5.41, 5.74) is 1.17. The summed E-state index contributed by atoms with van der Waals surface area (Å²) in [6.45, 7) is 4.83. The number of fused-ring (bicyclic) bond motifs is 1. The molecule has 1 aliphatic rings. The molecule has 2 heterocycles. The third-order valence-corrected chi connectivity index (χ3v) is 4.70. The molecule has 0 fully saturated rings. The molecule has 1 aliphatic heterocycles. The van der Waals surface area contributed by atoms with E-state index < -0.39 is 5.97 Å². The second kappa shape index (κ2) is 7.74. The number of aromatic nitrogens is 1. The van der Waals surface area contributed by atoms with Crippen molar-refractivity contribution < 1.29 is 24.2 Å². The summed E-state index contributed by atoms with van der Waals surface area (Å²) in [4.78, 5) is 29.6. The Morgan fingerprint density at radius 2 is 2.08 bits per heavy atom. The second-order valence-corrected chi connectivity index (χ2v) is 7.25. The van der Waals surface area contributed by atoms with Crippen LogP contribution in [0.25, 0.3) is 10.6 Å². The third-order valence-electron chi connectivity index (χ3n) is 3.81. The van der Waals surface area contributed by atoms with E-state index in [0.29, 0.717) is 28.7 Å². The summed E-state index contributed by atoms with van der Waals surface area (Å²) in [7, 11) is 0. The number of carbonyl (C=O) groups excluding carboxylic acids is 1. The Morgan fingerprint density at radius 3 is 2.81 bits per heavy atom. The topological polar surface area (TPSA) is 89.0 Å². The van der Waals surface area contributed by atoms with Crippen molar-refractivity contribution in [1.29, 1.82) is 0 Å². The lowest BCUT2D eigenvalue weighted by Crippen LogP contribution is -2.36. The first-order chi connectivity index (χ1) is 12.4. The summed E-state index contributed by atoms with van der Waals surface area (Å²) in [5.74, 6) is 0.417. The Bertz CT molecular complexity index is 818. The van der Waals surface area contributed by atoms with Crippen LogP contribution in [-0.2, 0) is 4.79 Å². The predicted molar refractivity (Wildman–Crippen MR) is 96.7 cm³/mol. The van der Waals surface area contributed by atoms with E-state index in [2.05, 4.69) is 4.98 Å². The molecule has 0 unspecified atom stereocenters. The van der Waals surface area contributed by atoms with Crippen LogP contribution in [0.4, 0.5) is 0 Å². The summed E-state index contributed by atoms with van der Waals surface area (Å²) in [6.07, 6.45) is -0.0857. The molecule has 8 heteroatoms. The maximum Gasteiger partial charge on any atom is 0.305 e. The van der Waals surface area contributed by atoms with Gasteiger partial charge in [0.15, 0.2) is 11.5 Å². The molecule has 0 aliphatic carbocycles. The van der Waals surface area contributed by atoms with Gasteiger partial charge in [-0.3, -0.25) is 9.59 Å². The van der Waals surface area contributed by atoms with E-state index in [4.69, 9.17) is 14.6 Å². The number of thiazole rings is 1. The predicted octanol–water partition coefficient (Wildman–Crippen LogP) is 3.11. The standard InChI is InChI=1S/C18H20N2O5S/c1-11(2)8-20(6-5-16(21)22)18(23)13-9-26-17(19-13)12-3-4-14-15(7-12)25-10-24-14/h3-4,7,9,11H,5-6,8,10H2,1-2H3,(H,21,22). The van der Waals surface area contributed by atoms with Gasteiger partial charge in [-0.2, -0.15) is 0 Å². The number of ether oxygens (including phenoxy) is 2. The average molecular weight is 376 g/mol. The van der Waals surface area contributed by atoms with Crippen LogP contribution in [0.2, 0.25) is 0 Å². The smallest absolute Gasteiger partial charge is 0.305 e. The van der Waals surface area contributed by atoms with Gasteiger partial charge in [0, 0.05) is 24.0 Å². The van der Waals surface area contributed by atoms with Crippen molar-refractivity contribution in [3.63, 3.8) is 0 Å². The summed E-state index contributed by atoms with van der Waals surface area (Å²) < 4.78 is 10.7. The molecule has 2 aromatic rings. The summed E-state index contributed by atoms with van der Waals surface area (Å²) >= 11 is 1.37. The van der Waals surface area contributed by atoms with E-state index in [1.807, 2.05) is 32.0 Å². The highest BCUT2D eigenvalue weighted by Crippen LogP contribution is 2.36. The van der Waals surface area contributed by atoms with Gasteiger partial charge in [-0.05, 0) is 24.1 Å². The van der Waals surface area contributed by atoms with E-state index in [1.165, 1.54) is 11.3 Å². The summed E-state index contributed by atoms with van der Waals surface area (Å²) in [6, 6.07) is 5.53. The van der Waals surface area contributed by atoms with Crippen LogP contribution in [-0.4, -0.2) is 46.7 Å². The lowest BCUT2D eigenvalue weighted by atomic mass is 10.2. The first kappa shape index (κ1) is 18.2. The van der Waals surface area contributed by atoms with Crippen molar-refractivity contribution in [2.75, 3.05) is 19.9 Å². The minimum atomic E-state index is -0.925. The molecule has 138 valence electrons. The van der Waals surface area contributed by atoms with Gasteiger partial charge in [0.2, 0.25) is 6.79 Å². The molecule has 7 nitrogen and oxygen atoms in total. The van der Waals surface area contributed by atoms with Gasteiger partial charge >= 0.3 is 5.97 Å². The zero-order valence-corrected chi connectivity index (χ0v) is 15.4. The van der Waals surface area contributed by atoms with Crippen molar-refractivity contribution in [2.45, 2.75) is 20.3 Å². The highest BCUT2D eigenvalue weighted by Gasteiger charge is 2.21. The normalized spacial score (nSPS) is 12.4. The number of carbonyl (C=O) groups is 2. The minimum absolute atomic E-state index is 0.0857. The van der Waals surface area contributed by atoms with Crippen LogP contribution in [0.15, 0.2) is 23.6 Å². The Balaban J connectivity index is 1.78. The molecule has 0 radical (unpaired) electrons. The number of rotatable bonds is 7. The third kappa shape index (κ3) is 4.13. The monoisotopic (exact) mass is 376 g/mol. The van der Waals surface area contributed by atoms with Crippen LogP contribution in [0.5, 0.6) is 11.5 Å². The molecule has 1 N–H and O–H groups in total. The first-order valence-electron chi connectivity index (χ1n) is 8.30. The number of carboxylic acids is 1. The fourth-order valence-corrected chi connectivity index (χ4v) is 3.43. The number of benzene rings is 1. The molecule has 0 spiro atoms. The van der Waals surface area contributed by atoms with Gasteiger partial charge < -0.3 is 19.5 Å². The van der Waals surface area contributed by atoms with Crippen LogP contribution in [0, 0.1) is 5.92 Å². The zero-order valence-electron chi connectivity index (χ0n) is 14.6. The Morgan fingerprint density at radius 1 is 1.31 bits per heavy atom. The fourth-order valence-electron chi connectivity index (χ4n) is 2.64. The number of hydrogen-bond donors (Lipinski definition) is 1. The van der Waals surface area contributed by atoms with Gasteiger partial charge in [-0.1, -0.05) is 13.8 Å². The number of amides is 1. The fraction of sp³-hybridized carbons (Fsp3) is 0.389. The Labute approximate surface area is 155 Å². The molecule has 1 aromatic heterocycles. The molecule has 26 heavy (non-hydrogen) atoms. The van der Waals surface area contributed by atoms with Crippen LogP contribution < -0.4 is 9.47 Å². The maximum atomic E-state index is 12.8. The molecule has 3 rings (SSSR count). The molecule has 0 atom stereocenters.